The van der Waals surface area contributed by atoms with Crippen molar-refractivity contribution >= 4 is 5.91 Å². The number of likely N-dealkylation sites (tertiary alicyclic amines) is 1. The van der Waals surface area contributed by atoms with E-state index < -0.39 is 0 Å². The predicted molar refractivity (Wildman–Crippen MR) is 90.1 cm³/mol. The van der Waals surface area contributed by atoms with E-state index in [9.17, 15) is 4.79 Å². The summed E-state index contributed by atoms with van der Waals surface area (Å²) in [4.78, 5) is 19.2. The van der Waals surface area contributed by atoms with E-state index in [2.05, 4.69) is 22.2 Å². The molecule has 8 heteroatoms. The Balaban J connectivity index is 1.85. The van der Waals surface area contributed by atoms with Crippen LogP contribution in [-0.4, -0.2) is 50.5 Å². The number of aryl methyl sites for hydroxylation is 2. The van der Waals surface area contributed by atoms with Crippen LogP contribution in [0.4, 0.5) is 0 Å². The minimum absolute atomic E-state index is 0.0448. The molecular formula is C17H25N5O3. The van der Waals surface area contributed by atoms with Crippen LogP contribution in [0.5, 0.6) is 0 Å². The van der Waals surface area contributed by atoms with Gasteiger partial charge in [0.2, 0.25) is 5.89 Å². The second-order valence-corrected chi connectivity index (χ2v) is 6.47. The Bertz CT molecular complexity index is 738. The summed E-state index contributed by atoms with van der Waals surface area (Å²) in [7, 11) is 1.66. The molecule has 0 unspecified atom stereocenters. The molecule has 8 nitrogen and oxygen atoms in total. The third-order valence-corrected chi connectivity index (χ3v) is 4.74. The summed E-state index contributed by atoms with van der Waals surface area (Å²) in [5.41, 5.74) is 1.51. The van der Waals surface area contributed by atoms with Gasteiger partial charge in [0.1, 0.15) is 6.04 Å². The molecule has 1 aliphatic rings. The number of amides is 1. The van der Waals surface area contributed by atoms with Crippen LogP contribution in [0.15, 0.2) is 10.7 Å². The van der Waals surface area contributed by atoms with Crippen LogP contribution < -0.4 is 0 Å². The Morgan fingerprint density at radius 3 is 2.88 bits per heavy atom. The zero-order valence-electron chi connectivity index (χ0n) is 15.2. The molecule has 3 rings (SSSR count). The number of methoxy groups -OCH3 is 1. The number of carbonyl (C=O) groups is 1. The summed E-state index contributed by atoms with van der Waals surface area (Å²) in [6.45, 7) is 7.16. The number of unbranched alkanes of at least 4 members (excludes halogenated alkanes) is 1. The lowest BCUT2D eigenvalue weighted by Crippen LogP contribution is -2.32. The van der Waals surface area contributed by atoms with E-state index in [1.807, 2.05) is 11.6 Å². The van der Waals surface area contributed by atoms with Crippen molar-refractivity contribution in [2.24, 2.45) is 0 Å². The quantitative estimate of drug-likeness (QED) is 0.797. The van der Waals surface area contributed by atoms with Gasteiger partial charge in [-0.2, -0.15) is 10.1 Å². The maximum absolute atomic E-state index is 13.1. The maximum Gasteiger partial charge on any atom is 0.258 e. The minimum atomic E-state index is -0.267. The maximum atomic E-state index is 13.1. The molecule has 0 spiro atoms. The van der Waals surface area contributed by atoms with E-state index in [0.717, 1.165) is 25.1 Å². The van der Waals surface area contributed by atoms with Crippen molar-refractivity contribution in [1.82, 2.24) is 24.8 Å². The lowest BCUT2D eigenvalue weighted by molar-refractivity contribution is 0.0670. The summed E-state index contributed by atoms with van der Waals surface area (Å²) >= 11 is 0. The SMILES string of the molecule is CCCCn1ncc(C(=O)N2C[C@H](OC)C[C@@H]2c2nc(C)no2)c1C. The zero-order chi connectivity index (χ0) is 18.0. The summed E-state index contributed by atoms with van der Waals surface area (Å²) in [6.07, 6.45) is 4.38. The molecule has 2 atom stereocenters. The second kappa shape index (κ2) is 7.35. The van der Waals surface area contributed by atoms with Crippen molar-refractivity contribution in [3.63, 3.8) is 0 Å². The molecule has 25 heavy (non-hydrogen) atoms. The van der Waals surface area contributed by atoms with E-state index in [1.165, 1.54) is 0 Å². The van der Waals surface area contributed by atoms with Crippen molar-refractivity contribution in [3.05, 3.63) is 29.2 Å². The van der Waals surface area contributed by atoms with E-state index in [1.54, 1.807) is 25.1 Å². The molecule has 0 aromatic carbocycles. The van der Waals surface area contributed by atoms with Gasteiger partial charge in [-0.15, -0.1) is 0 Å². The topological polar surface area (TPSA) is 86.3 Å². The standard InChI is InChI=1S/C17H25N5O3/c1-5-6-7-22-11(2)14(9-18-22)17(23)21-10-13(24-4)8-15(21)16-19-12(3)20-25-16/h9,13,15H,5-8,10H2,1-4H3/t13-,15-/m1/s1. The highest BCUT2D eigenvalue weighted by atomic mass is 16.5. The van der Waals surface area contributed by atoms with Crippen LogP contribution in [-0.2, 0) is 11.3 Å². The van der Waals surface area contributed by atoms with E-state index in [4.69, 9.17) is 9.26 Å². The molecule has 1 amide bonds. The Morgan fingerprint density at radius 2 is 2.24 bits per heavy atom. The molecule has 2 aromatic rings. The van der Waals surface area contributed by atoms with Crippen molar-refractivity contribution < 1.29 is 14.1 Å². The Kier molecular flexibility index (Phi) is 5.17. The molecule has 0 bridgehead atoms. The van der Waals surface area contributed by atoms with Gasteiger partial charge in [0.15, 0.2) is 5.82 Å². The fraction of sp³-hybridized carbons (Fsp3) is 0.647. The number of hydrogen-bond donors (Lipinski definition) is 0. The molecule has 1 saturated heterocycles. The first-order chi connectivity index (χ1) is 12.0. The Morgan fingerprint density at radius 1 is 1.44 bits per heavy atom. The first-order valence-electron chi connectivity index (χ1n) is 8.71. The lowest BCUT2D eigenvalue weighted by atomic mass is 10.1. The number of nitrogens with zero attached hydrogens (tertiary/aromatic N) is 5. The lowest BCUT2D eigenvalue weighted by Gasteiger charge is -2.21. The van der Waals surface area contributed by atoms with Gasteiger partial charge in [-0.3, -0.25) is 9.48 Å². The van der Waals surface area contributed by atoms with Crippen LogP contribution in [0.1, 0.15) is 60.0 Å². The number of carbonyl (C=O) groups excluding carboxylic acids is 1. The van der Waals surface area contributed by atoms with E-state index in [-0.39, 0.29) is 18.1 Å². The van der Waals surface area contributed by atoms with Crippen molar-refractivity contribution in [2.75, 3.05) is 13.7 Å². The van der Waals surface area contributed by atoms with Gasteiger partial charge in [0.25, 0.3) is 5.91 Å². The smallest absolute Gasteiger partial charge is 0.258 e. The molecule has 0 aliphatic carbocycles. The number of rotatable bonds is 6. The first kappa shape index (κ1) is 17.6. The molecular weight excluding hydrogens is 322 g/mol. The molecule has 0 radical (unpaired) electrons. The summed E-state index contributed by atoms with van der Waals surface area (Å²) in [5, 5.41) is 8.23. The normalized spacial score (nSPS) is 20.4. The molecule has 2 aromatic heterocycles. The zero-order valence-corrected chi connectivity index (χ0v) is 15.2. The molecule has 3 heterocycles. The highest BCUT2D eigenvalue weighted by Gasteiger charge is 2.40. The minimum Gasteiger partial charge on any atom is -0.380 e. The Labute approximate surface area is 147 Å². The average Bonchev–Trinajstić information content (AvgIpc) is 3.30. The molecule has 1 aliphatic heterocycles. The molecule has 1 fully saturated rings. The molecule has 136 valence electrons. The predicted octanol–water partition coefficient (Wildman–Crippen LogP) is 2.29. The fourth-order valence-corrected chi connectivity index (χ4v) is 3.22. The third-order valence-electron chi connectivity index (χ3n) is 4.74. The number of hydrogen-bond acceptors (Lipinski definition) is 6. The summed E-state index contributed by atoms with van der Waals surface area (Å²) in [5.74, 6) is 0.953. The number of ether oxygens (including phenoxy) is 1. The van der Waals surface area contributed by atoms with Gasteiger partial charge in [-0.25, -0.2) is 0 Å². The van der Waals surface area contributed by atoms with Crippen LogP contribution in [0.25, 0.3) is 0 Å². The molecule has 0 saturated carbocycles. The summed E-state index contributed by atoms with van der Waals surface area (Å²) in [6, 6.07) is -0.267. The van der Waals surface area contributed by atoms with Crippen molar-refractivity contribution in [2.45, 2.75) is 58.7 Å². The van der Waals surface area contributed by atoms with Crippen molar-refractivity contribution in [1.29, 1.82) is 0 Å². The van der Waals surface area contributed by atoms with Crippen LogP contribution in [0, 0.1) is 13.8 Å². The highest BCUT2D eigenvalue weighted by molar-refractivity contribution is 5.95. The van der Waals surface area contributed by atoms with Gasteiger partial charge in [-0.1, -0.05) is 18.5 Å². The van der Waals surface area contributed by atoms with Gasteiger partial charge < -0.3 is 14.2 Å². The van der Waals surface area contributed by atoms with E-state index >= 15 is 0 Å². The van der Waals surface area contributed by atoms with Crippen LogP contribution in [0.3, 0.4) is 0 Å². The van der Waals surface area contributed by atoms with Gasteiger partial charge in [0.05, 0.1) is 17.9 Å². The van der Waals surface area contributed by atoms with Gasteiger partial charge in [-0.05, 0) is 20.3 Å². The number of aromatic nitrogens is 4. The second-order valence-electron chi connectivity index (χ2n) is 6.47. The summed E-state index contributed by atoms with van der Waals surface area (Å²) < 4.78 is 12.7. The average molecular weight is 347 g/mol. The third kappa shape index (κ3) is 3.44. The van der Waals surface area contributed by atoms with Crippen molar-refractivity contribution in [3.8, 4) is 0 Å². The van der Waals surface area contributed by atoms with Gasteiger partial charge in [0, 0.05) is 32.3 Å². The molecule has 0 N–H and O–H groups in total. The largest absolute Gasteiger partial charge is 0.380 e. The van der Waals surface area contributed by atoms with Gasteiger partial charge >= 0.3 is 0 Å². The van der Waals surface area contributed by atoms with E-state index in [0.29, 0.717) is 30.2 Å². The monoisotopic (exact) mass is 347 g/mol. The first-order valence-corrected chi connectivity index (χ1v) is 8.71. The Hall–Kier alpha value is -2.22. The highest BCUT2D eigenvalue weighted by Crippen LogP contribution is 2.34. The fourth-order valence-electron chi connectivity index (χ4n) is 3.22. The van der Waals surface area contributed by atoms with Crippen LogP contribution in [0.2, 0.25) is 0 Å². The van der Waals surface area contributed by atoms with Crippen LogP contribution >= 0.6 is 0 Å².